The molecule has 0 saturated heterocycles. The van der Waals surface area contributed by atoms with Gasteiger partial charge in [-0.05, 0) is 43.2 Å². The highest BCUT2D eigenvalue weighted by Crippen LogP contribution is 2.22. The number of aromatic hydroxyl groups is 2. The van der Waals surface area contributed by atoms with Crippen LogP contribution in [-0.2, 0) is 0 Å². The summed E-state index contributed by atoms with van der Waals surface area (Å²) in [6.45, 7) is 1.59. The fourth-order valence-electron chi connectivity index (χ4n) is 3.53. The predicted octanol–water partition coefficient (Wildman–Crippen LogP) is 7.20. The van der Waals surface area contributed by atoms with Crippen molar-refractivity contribution in [2.45, 2.75) is 64.2 Å². The van der Waals surface area contributed by atoms with Gasteiger partial charge in [0.15, 0.2) is 0 Å². The van der Waals surface area contributed by atoms with Crippen molar-refractivity contribution in [3.05, 3.63) is 52.5 Å². The molecule has 2 aromatic rings. The third-order valence-corrected chi connectivity index (χ3v) is 5.75. The van der Waals surface area contributed by atoms with E-state index in [-0.39, 0.29) is 11.5 Å². The SMILES string of the molecule is COc1ccc(/C=N/CCCCCCCCCCCC/N=C/c2ccc(Cl)cc2O)c(O)c1. The summed E-state index contributed by atoms with van der Waals surface area (Å²) in [7, 11) is 1.58. The zero-order valence-corrected chi connectivity index (χ0v) is 20.4. The van der Waals surface area contributed by atoms with Crippen LogP contribution in [0.5, 0.6) is 17.2 Å². The maximum atomic E-state index is 9.91. The van der Waals surface area contributed by atoms with Crippen LogP contribution in [0.15, 0.2) is 46.4 Å². The third kappa shape index (κ3) is 11.2. The number of nitrogens with zero attached hydrogens (tertiary/aromatic N) is 2. The van der Waals surface area contributed by atoms with Gasteiger partial charge in [0.05, 0.1) is 7.11 Å². The molecule has 0 fully saturated rings. The number of hydrogen-bond donors (Lipinski definition) is 2. The van der Waals surface area contributed by atoms with Gasteiger partial charge in [-0.25, -0.2) is 0 Å². The highest BCUT2D eigenvalue weighted by atomic mass is 35.5. The van der Waals surface area contributed by atoms with Crippen molar-refractivity contribution in [1.82, 2.24) is 0 Å². The molecule has 0 aliphatic carbocycles. The number of benzene rings is 2. The Morgan fingerprint density at radius 3 is 1.61 bits per heavy atom. The topological polar surface area (TPSA) is 74.4 Å². The number of methoxy groups -OCH3 is 1. The molecule has 0 radical (unpaired) electrons. The molecular formula is C27H37ClN2O3. The maximum absolute atomic E-state index is 9.91. The molecule has 0 heterocycles. The van der Waals surface area contributed by atoms with Crippen molar-refractivity contribution in [3.8, 4) is 17.2 Å². The van der Waals surface area contributed by atoms with E-state index in [1.165, 1.54) is 57.4 Å². The lowest BCUT2D eigenvalue weighted by Crippen LogP contribution is -1.89. The summed E-state index contributed by atoms with van der Waals surface area (Å²) in [5.41, 5.74) is 1.44. The Kier molecular flexibility index (Phi) is 13.1. The molecule has 33 heavy (non-hydrogen) atoms. The summed E-state index contributed by atoms with van der Waals surface area (Å²) in [5, 5.41) is 20.2. The first-order chi connectivity index (χ1) is 16.1. The van der Waals surface area contributed by atoms with E-state index in [9.17, 15) is 10.2 Å². The standard InChI is InChI=1S/C27H37ClN2O3/c1-33-25-15-13-23(27(32)19-25)21-30-17-11-9-7-5-3-2-4-6-8-10-16-29-20-22-12-14-24(28)18-26(22)31/h12-15,18-21,31-32H,2-11,16-17H2,1H3/b29-20+,30-21+. The van der Waals surface area contributed by atoms with Crippen LogP contribution < -0.4 is 4.74 Å². The molecular weight excluding hydrogens is 436 g/mol. The summed E-state index contributed by atoms with van der Waals surface area (Å²) < 4.78 is 5.08. The van der Waals surface area contributed by atoms with Crippen LogP contribution in [0.3, 0.4) is 0 Å². The Balaban J connectivity index is 1.39. The number of aliphatic imine (C=N–C) groups is 2. The highest BCUT2D eigenvalue weighted by molar-refractivity contribution is 6.30. The van der Waals surface area contributed by atoms with Gasteiger partial charge in [-0.2, -0.15) is 0 Å². The minimum atomic E-state index is 0.174. The van der Waals surface area contributed by atoms with Crippen molar-refractivity contribution in [3.63, 3.8) is 0 Å². The van der Waals surface area contributed by atoms with Gasteiger partial charge < -0.3 is 14.9 Å². The molecule has 0 spiro atoms. The molecule has 0 unspecified atom stereocenters. The fraction of sp³-hybridized carbons (Fsp3) is 0.481. The second-order valence-electron chi connectivity index (χ2n) is 8.23. The van der Waals surface area contributed by atoms with Gasteiger partial charge in [0.2, 0.25) is 0 Å². The molecule has 2 N–H and O–H groups in total. The minimum Gasteiger partial charge on any atom is -0.507 e. The Morgan fingerprint density at radius 1 is 0.697 bits per heavy atom. The van der Waals surface area contributed by atoms with E-state index in [4.69, 9.17) is 16.3 Å². The summed E-state index contributed by atoms with van der Waals surface area (Å²) in [6.07, 6.45) is 15.7. The molecule has 0 amide bonds. The first-order valence-electron chi connectivity index (χ1n) is 12.0. The minimum absolute atomic E-state index is 0.174. The van der Waals surface area contributed by atoms with Crippen molar-refractivity contribution in [2.24, 2.45) is 9.98 Å². The Bertz CT molecular complexity index is 884. The summed E-state index contributed by atoms with van der Waals surface area (Å²) in [6, 6.07) is 10.3. The average molecular weight is 473 g/mol. The number of hydrogen-bond acceptors (Lipinski definition) is 5. The lowest BCUT2D eigenvalue weighted by molar-refractivity contribution is 0.407. The second-order valence-corrected chi connectivity index (χ2v) is 8.67. The van der Waals surface area contributed by atoms with Gasteiger partial charge in [0.1, 0.15) is 17.2 Å². The van der Waals surface area contributed by atoms with E-state index >= 15 is 0 Å². The smallest absolute Gasteiger partial charge is 0.128 e. The lowest BCUT2D eigenvalue weighted by Gasteiger charge is -2.03. The number of phenols is 2. The summed E-state index contributed by atoms with van der Waals surface area (Å²) >= 11 is 5.83. The van der Waals surface area contributed by atoms with E-state index in [0.29, 0.717) is 16.3 Å². The maximum Gasteiger partial charge on any atom is 0.128 e. The van der Waals surface area contributed by atoms with Gasteiger partial charge in [-0.15, -0.1) is 0 Å². The zero-order chi connectivity index (χ0) is 23.7. The zero-order valence-electron chi connectivity index (χ0n) is 19.7. The lowest BCUT2D eigenvalue weighted by atomic mass is 10.1. The third-order valence-electron chi connectivity index (χ3n) is 5.52. The van der Waals surface area contributed by atoms with E-state index in [2.05, 4.69) is 9.98 Å². The molecule has 2 rings (SSSR count). The van der Waals surface area contributed by atoms with Gasteiger partial charge in [0.25, 0.3) is 0 Å². The number of rotatable bonds is 16. The molecule has 5 nitrogen and oxygen atoms in total. The Labute approximate surface area is 203 Å². The van der Waals surface area contributed by atoms with Crippen LogP contribution >= 0.6 is 11.6 Å². The quantitative estimate of drug-likeness (QED) is 0.200. The molecule has 0 aromatic heterocycles. The van der Waals surface area contributed by atoms with Crippen LogP contribution in [0.2, 0.25) is 5.02 Å². The monoisotopic (exact) mass is 472 g/mol. The number of unbranched alkanes of at least 4 members (excludes halogenated alkanes) is 9. The normalized spacial score (nSPS) is 11.6. The molecule has 0 bridgehead atoms. The average Bonchev–Trinajstić information content (AvgIpc) is 2.80. The fourth-order valence-corrected chi connectivity index (χ4v) is 3.70. The van der Waals surface area contributed by atoms with Gasteiger partial charge >= 0.3 is 0 Å². The first-order valence-corrected chi connectivity index (χ1v) is 12.3. The van der Waals surface area contributed by atoms with E-state index in [1.807, 2.05) is 12.1 Å². The van der Waals surface area contributed by atoms with Gasteiger partial charge in [-0.3, -0.25) is 9.98 Å². The van der Waals surface area contributed by atoms with Crippen LogP contribution in [0, 0.1) is 0 Å². The first kappa shape index (κ1) is 26.7. The predicted molar refractivity (Wildman–Crippen MR) is 139 cm³/mol. The summed E-state index contributed by atoms with van der Waals surface area (Å²) in [5.74, 6) is 1.02. The van der Waals surface area contributed by atoms with Gasteiger partial charge in [-0.1, -0.05) is 63.0 Å². The molecule has 180 valence electrons. The van der Waals surface area contributed by atoms with Crippen molar-refractivity contribution in [2.75, 3.05) is 20.2 Å². The van der Waals surface area contributed by atoms with Crippen LogP contribution in [0.4, 0.5) is 0 Å². The van der Waals surface area contributed by atoms with Crippen molar-refractivity contribution in [1.29, 1.82) is 0 Å². The van der Waals surface area contributed by atoms with Crippen LogP contribution in [-0.4, -0.2) is 42.8 Å². The molecule has 0 saturated carbocycles. The van der Waals surface area contributed by atoms with E-state index < -0.39 is 0 Å². The van der Waals surface area contributed by atoms with Crippen LogP contribution in [0.1, 0.15) is 75.3 Å². The number of halogens is 1. The number of ether oxygens (including phenoxy) is 1. The summed E-state index contributed by atoms with van der Waals surface area (Å²) in [4.78, 5) is 8.81. The molecule has 0 aliphatic rings. The Hall–Kier alpha value is -2.53. The van der Waals surface area contributed by atoms with Crippen LogP contribution in [0.25, 0.3) is 0 Å². The molecule has 0 aliphatic heterocycles. The highest BCUT2D eigenvalue weighted by Gasteiger charge is 2.00. The van der Waals surface area contributed by atoms with E-state index in [0.717, 1.165) is 31.5 Å². The Morgan fingerprint density at radius 2 is 1.15 bits per heavy atom. The van der Waals surface area contributed by atoms with Crippen molar-refractivity contribution >= 4 is 24.0 Å². The van der Waals surface area contributed by atoms with E-state index in [1.54, 1.807) is 37.7 Å². The second kappa shape index (κ2) is 16.1. The molecule has 6 heteroatoms. The molecule has 0 atom stereocenters. The van der Waals surface area contributed by atoms with Crippen molar-refractivity contribution < 1.29 is 14.9 Å². The number of phenolic OH excluding ortho intramolecular Hbond substituents is 2. The molecule has 2 aromatic carbocycles. The van der Waals surface area contributed by atoms with Gasteiger partial charge in [0, 0.05) is 47.7 Å². The largest absolute Gasteiger partial charge is 0.507 e.